The number of nitrogens with one attached hydrogen (secondary N) is 2. The Balaban J connectivity index is 1.96. The van der Waals surface area contributed by atoms with Crippen LogP contribution in [0.5, 0.6) is 5.75 Å². The van der Waals surface area contributed by atoms with E-state index in [1.54, 1.807) is 7.11 Å². The van der Waals surface area contributed by atoms with Gasteiger partial charge in [-0.05, 0) is 44.6 Å². The molecule has 1 aliphatic rings. The van der Waals surface area contributed by atoms with Crippen molar-refractivity contribution in [1.29, 1.82) is 0 Å². The summed E-state index contributed by atoms with van der Waals surface area (Å²) < 4.78 is 5.25. The van der Waals surface area contributed by atoms with Gasteiger partial charge in [0.05, 0.1) is 13.2 Å². The maximum absolute atomic E-state index is 11.7. The molecule has 2 amide bonds. The fourth-order valence-corrected chi connectivity index (χ4v) is 2.10. The van der Waals surface area contributed by atoms with Gasteiger partial charge >= 0.3 is 6.03 Å². The molecule has 0 radical (unpaired) electrons. The number of hydrogen-bond acceptors (Lipinski definition) is 3. The van der Waals surface area contributed by atoms with Crippen molar-refractivity contribution in [2.24, 2.45) is 0 Å². The predicted molar refractivity (Wildman–Crippen MR) is 79.0 cm³/mol. The molecule has 2 N–H and O–H groups in total. The van der Waals surface area contributed by atoms with Crippen LogP contribution in [0.15, 0.2) is 24.3 Å². The molecule has 20 heavy (non-hydrogen) atoms. The SMILES string of the molecule is COc1cccc(C(CNC(=O)NC2CC2)N(C)C)c1. The maximum Gasteiger partial charge on any atom is 0.315 e. The molecule has 1 unspecified atom stereocenters. The summed E-state index contributed by atoms with van der Waals surface area (Å²) in [6.45, 7) is 0.568. The van der Waals surface area contributed by atoms with Gasteiger partial charge in [0.1, 0.15) is 5.75 Å². The molecule has 1 fully saturated rings. The summed E-state index contributed by atoms with van der Waals surface area (Å²) in [6.07, 6.45) is 2.20. The van der Waals surface area contributed by atoms with Gasteiger partial charge in [-0.3, -0.25) is 0 Å². The van der Waals surface area contributed by atoms with E-state index < -0.39 is 0 Å². The first kappa shape index (κ1) is 14.7. The summed E-state index contributed by atoms with van der Waals surface area (Å²) in [4.78, 5) is 13.8. The minimum absolute atomic E-state index is 0.0813. The topological polar surface area (TPSA) is 53.6 Å². The van der Waals surface area contributed by atoms with E-state index in [2.05, 4.69) is 15.5 Å². The number of likely N-dealkylation sites (N-methyl/N-ethyl adjacent to an activating group) is 1. The van der Waals surface area contributed by atoms with Crippen LogP contribution in [0.3, 0.4) is 0 Å². The van der Waals surface area contributed by atoms with E-state index in [0.29, 0.717) is 12.6 Å². The molecule has 0 heterocycles. The Morgan fingerprint density at radius 2 is 2.20 bits per heavy atom. The first-order valence-corrected chi connectivity index (χ1v) is 6.95. The molecular formula is C15H23N3O2. The number of urea groups is 1. The summed E-state index contributed by atoms with van der Waals surface area (Å²) in [6, 6.07) is 8.36. The highest BCUT2D eigenvalue weighted by atomic mass is 16.5. The Bertz CT molecular complexity index is 458. The molecule has 0 saturated heterocycles. The van der Waals surface area contributed by atoms with Crippen LogP contribution < -0.4 is 15.4 Å². The van der Waals surface area contributed by atoms with Gasteiger partial charge in [0, 0.05) is 12.6 Å². The van der Waals surface area contributed by atoms with E-state index >= 15 is 0 Å². The number of hydrogen-bond donors (Lipinski definition) is 2. The molecule has 2 rings (SSSR count). The molecule has 1 atom stereocenters. The lowest BCUT2D eigenvalue weighted by Gasteiger charge is -2.25. The van der Waals surface area contributed by atoms with Crippen molar-refractivity contribution in [2.45, 2.75) is 24.9 Å². The van der Waals surface area contributed by atoms with Crippen molar-refractivity contribution in [1.82, 2.24) is 15.5 Å². The summed E-state index contributed by atoms with van der Waals surface area (Å²) >= 11 is 0. The van der Waals surface area contributed by atoms with E-state index in [4.69, 9.17) is 4.74 Å². The number of nitrogens with zero attached hydrogens (tertiary/aromatic N) is 1. The van der Waals surface area contributed by atoms with Gasteiger partial charge in [-0.15, -0.1) is 0 Å². The van der Waals surface area contributed by atoms with E-state index in [1.165, 1.54) is 0 Å². The van der Waals surface area contributed by atoms with Gasteiger partial charge in [0.2, 0.25) is 0 Å². The van der Waals surface area contributed by atoms with Gasteiger partial charge < -0.3 is 20.3 Å². The molecule has 0 bridgehead atoms. The lowest BCUT2D eigenvalue weighted by molar-refractivity contribution is 0.232. The van der Waals surface area contributed by atoms with E-state index in [0.717, 1.165) is 24.2 Å². The lowest BCUT2D eigenvalue weighted by Crippen LogP contribution is -2.41. The second kappa shape index (κ2) is 6.61. The second-order valence-corrected chi connectivity index (χ2v) is 5.38. The minimum atomic E-state index is -0.0813. The fourth-order valence-electron chi connectivity index (χ4n) is 2.10. The molecule has 110 valence electrons. The first-order valence-electron chi connectivity index (χ1n) is 6.95. The quantitative estimate of drug-likeness (QED) is 0.833. The van der Waals surface area contributed by atoms with Crippen LogP contribution in [0.4, 0.5) is 4.79 Å². The maximum atomic E-state index is 11.7. The lowest BCUT2D eigenvalue weighted by atomic mass is 10.1. The number of methoxy groups -OCH3 is 1. The Labute approximate surface area is 120 Å². The molecule has 0 spiro atoms. The average Bonchev–Trinajstić information content (AvgIpc) is 3.22. The van der Waals surface area contributed by atoms with Crippen LogP contribution >= 0.6 is 0 Å². The molecule has 0 aliphatic heterocycles. The van der Waals surface area contributed by atoms with Crippen LogP contribution in [-0.2, 0) is 0 Å². The highest BCUT2D eigenvalue weighted by molar-refractivity contribution is 5.74. The van der Waals surface area contributed by atoms with E-state index in [1.807, 2.05) is 38.4 Å². The second-order valence-electron chi connectivity index (χ2n) is 5.38. The monoisotopic (exact) mass is 277 g/mol. The number of amides is 2. The third-order valence-corrected chi connectivity index (χ3v) is 3.47. The van der Waals surface area contributed by atoms with Gasteiger partial charge in [0.25, 0.3) is 0 Å². The Morgan fingerprint density at radius 1 is 1.45 bits per heavy atom. The highest BCUT2D eigenvalue weighted by Gasteiger charge is 2.23. The largest absolute Gasteiger partial charge is 0.497 e. The molecule has 1 saturated carbocycles. The fraction of sp³-hybridized carbons (Fsp3) is 0.533. The standard InChI is InChI=1S/C15H23N3O2/c1-18(2)14(10-16-15(19)17-12-7-8-12)11-5-4-6-13(9-11)20-3/h4-6,9,12,14H,7-8,10H2,1-3H3,(H2,16,17,19). The Morgan fingerprint density at radius 3 is 2.80 bits per heavy atom. The van der Waals surface area contributed by atoms with Crippen molar-refractivity contribution < 1.29 is 9.53 Å². The molecule has 1 aromatic carbocycles. The third-order valence-electron chi connectivity index (χ3n) is 3.47. The summed E-state index contributed by atoms with van der Waals surface area (Å²) in [7, 11) is 5.67. The zero-order chi connectivity index (χ0) is 14.5. The number of benzene rings is 1. The van der Waals surface area contributed by atoms with Crippen LogP contribution in [0.1, 0.15) is 24.4 Å². The van der Waals surface area contributed by atoms with Gasteiger partial charge in [-0.1, -0.05) is 12.1 Å². The molecule has 0 aromatic heterocycles. The van der Waals surface area contributed by atoms with Crippen LogP contribution in [-0.4, -0.2) is 44.7 Å². The van der Waals surface area contributed by atoms with Crippen molar-refractivity contribution in [2.75, 3.05) is 27.7 Å². The first-order chi connectivity index (χ1) is 9.60. The Hall–Kier alpha value is -1.75. The van der Waals surface area contributed by atoms with Crippen molar-refractivity contribution in [3.05, 3.63) is 29.8 Å². The summed E-state index contributed by atoms with van der Waals surface area (Å²) in [5, 5.41) is 5.87. The van der Waals surface area contributed by atoms with Crippen molar-refractivity contribution >= 4 is 6.03 Å². The van der Waals surface area contributed by atoms with Crippen molar-refractivity contribution in [3.63, 3.8) is 0 Å². The van der Waals surface area contributed by atoms with Crippen LogP contribution in [0, 0.1) is 0 Å². The van der Waals surface area contributed by atoms with Gasteiger partial charge in [-0.2, -0.15) is 0 Å². The van der Waals surface area contributed by atoms with Crippen LogP contribution in [0.2, 0.25) is 0 Å². The number of carbonyl (C=O) groups excluding carboxylic acids is 1. The third kappa shape index (κ3) is 4.13. The molecular weight excluding hydrogens is 254 g/mol. The molecule has 1 aromatic rings. The zero-order valence-corrected chi connectivity index (χ0v) is 12.3. The van der Waals surface area contributed by atoms with Gasteiger partial charge in [-0.25, -0.2) is 4.79 Å². The van der Waals surface area contributed by atoms with Crippen molar-refractivity contribution in [3.8, 4) is 5.75 Å². The predicted octanol–water partition coefficient (Wildman–Crippen LogP) is 1.76. The van der Waals surface area contributed by atoms with E-state index in [9.17, 15) is 4.79 Å². The highest BCUT2D eigenvalue weighted by Crippen LogP contribution is 2.22. The average molecular weight is 277 g/mol. The molecule has 1 aliphatic carbocycles. The van der Waals surface area contributed by atoms with Gasteiger partial charge in [0.15, 0.2) is 0 Å². The smallest absolute Gasteiger partial charge is 0.315 e. The zero-order valence-electron chi connectivity index (χ0n) is 12.3. The normalized spacial score (nSPS) is 15.8. The molecule has 5 heteroatoms. The number of ether oxygens (including phenoxy) is 1. The summed E-state index contributed by atoms with van der Waals surface area (Å²) in [5.41, 5.74) is 1.13. The number of carbonyl (C=O) groups is 1. The minimum Gasteiger partial charge on any atom is -0.497 e. The summed E-state index contributed by atoms with van der Waals surface area (Å²) in [5.74, 6) is 0.830. The molecule has 5 nitrogen and oxygen atoms in total. The number of rotatable bonds is 6. The van der Waals surface area contributed by atoms with Crippen LogP contribution in [0.25, 0.3) is 0 Å². The van der Waals surface area contributed by atoms with E-state index in [-0.39, 0.29) is 12.1 Å². The Kier molecular flexibility index (Phi) is 4.84.